The highest BCUT2D eigenvalue weighted by Gasteiger charge is 2.38. The van der Waals surface area contributed by atoms with Crippen molar-refractivity contribution in [3.05, 3.63) is 59.2 Å². The van der Waals surface area contributed by atoms with Crippen molar-refractivity contribution in [2.24, 2.45) is 0 Å². The quantitative estimate of drug-likeness (QED) is 0.448. The first kappa shape index (κ1) is 22.4. The molecule has 0 aliphatic carbocycles. The fourth-order valence-corrected chi connectivity index (χ4v) is 3.97. The van der Waals surface area contributed by atoms with Gasteiger partial charge in [0.15, 0.2) is 25.9 Å². The normalized spacial score (nSPS) is 16.3. The maximum absolute atomic E-state index is 12.6. The second kappa shape index (κ2) is 8.82. The molecule has 0 radical (unpaired) electrons. The van der Waals surface area contributed by atoms with Gasteiger partial charge in [-0.05, 0) is 42.8 Å². The van der Waals surface area contributed by atoms with Crippen molar-refractivity contribution in [3.8, 4) is 11.5 Å². The summed E-state index contributed by atoms with van der Waals surface area (Å²) in [5, 5.41) is 0.131. The van der Waals surface area contributed by atoms with Crippen molar-refractivity contribution in [3.63, 3.8) is 0 Å². The fraction of sp³-hybridized carbons (Fsp3) is 0.458. The van der Waals surface area contributed by atoms with Crippen LogP contribution < -0.4 is 9.47 Å². The molecule has 5 nitrogen and oxygen atoms in total. The maximum Gasteiger partial charge on any atom is 0.338 e. The monoisotopic (exact) mass is 428 g/mol. The zero-order valence-corrected chi connectivity index (χ0v) is 19.8. The molecule has 0 spiro atoms. The highest BCUT2D eigenvalue weighted by atomic mass is 28.4. The Bertz CT molecular complexity index is 886. The third kappa shape index (κ3) is 5.05. The van der Waals surface area contributed by atoms with Gasteiger partial charge in [-0.15, -0.1) is 0 Å². The topological polar surface area (TPSA) is 54.0 Å². The van der Waals surface area contributed by atoms with Crippen molar-refractivity contribution >= 4 is 14.3 Å². The Morgan fingerprint density at radius 1 is 1.13 bits per heavy atom. The molecule has 162 valence electrons. The molecule has 1 aliphatic heterocycles. The van der Waals surface area contributed by atoms with E-state index in [1.807, 2.05) is 37.3 Å². The van der Waals surface area contributed by atoms with Crippen LogP contribution in [0.3, 0.4) is 0 Å². The molecule has 2 aromatic rings. The minimum Gasteiger partial charge on any atom is -0.486 e. The van der Waals surface area contributed by atoms with E-state index in [-0.39, 0.29) is 23.7 Å². The standard InChI is InChI=1S/C24H32O5Si/c1-17-20(23(25)27-14-18-10-8-7-9-11-18)12-13-21-22(17)29-19(15-26-21)16-28-30(5,6)24(2,3)4/h7-13,19H,14-16H2,1-6H3/t19-/m1/s1. The molecule has 0 N–H and O–H groups in total. The van der Waals surface area contributed by atoms with E-state index >= 15 is 0 Å². The van der Waals surface area contributed by atoms with E-state index in [0.717, 1.165) is 11.1 Å². The van der Waals surface area contributed by atoms with Gasteiger partial charge in [0, 0.05) is 5.56 Å². The van der Waals surface area contributed by atoms with E-state index in [1.165, 1.54) is 0 Å². The number of benzene rings is 2. The van der Waals surface area contributed by atoms with Crippen LogP contribution in [0.5, 0.6) is 11.5 Å². The van der Waals surface area contributed by atoms with Crippen LogP contribution in [-0.2, 0) is 15.8 Å². The molecular weight excluding hydrogens is 396 g/mol. The lowest BCUT2D eigenvalue weighted by Gasteiger charge is -2.38. The number of fused-ring (bicyclic) bond motifs is 1. The summed E-state index contributed by atoms with van der Waals surface area (Å²) in [6.45, 7) is 14.1. The molecule has 0 unspecified atom stereocenters. The Labute approximate surface area is 180 Å². The van der Waals surface area contributed by atoms with Crippen LogP contribution in [0.2, 0.25) is 18.1 Å². The maximum atomic E-state index is 12.6. The van der Waals surface area contributed by atoms with Crippen molar-refractivity contribution in [1.82, 2.24) is 0 Å². The molecule has 0 saturated heterocycles. The van der Waals surface area contributed by atoms with E-state index in [0.29, 0.717) is 30.3 Å². The molecule has 0 saturated carbocycles. The van der Waals surface area contributed by atoms with Crippen LogP contribution >= 0.6 is 0 Å². The van der Waals surface area contributed by atoms with Gasteiger partial charge >= 0.3 is 5.97 Å². The minimum absolute atomic E-state index is 0.131. The number of esters is 1. The first-order chi connectivity index (χ1) is 14.1. The molecule has 1 aliphatic rings. The van der Waals surface area contributed by atoms with Gasteiger partial charge in [-0.25, -0.2) is 4.79 Å². The Morgan fingerprint density at radius 2 is 1.83 bits per heavy atom. The first-order valence-electron chi connectivity index (χ1n) is 10.4. The van der Waals surface area contributed by atoms with Crippen molar-refractivity contribution in [1.29, 1.82) is 0 Å². The molecule has 6 heteroatoms. The predicted octanol–water partition coefficient (Wildman–Crippen LogP) is 5.51. The molecule has 3 rings (SSSR count). The fourth-order valence-electron chi connectivity index (χ4n) is 2.93. The second-order valence-electron chi connectivity index (χ2n) is 9.25. The van der Waals surface area contributed by atoms with Gasteiger partial charge in [0.25, 0.3) is 0 Å². The van der Waals surface area contributed by atoms with Gasteiger partial charge in [-0.3, -0.25) is 0 Å². The zero-order chi connectivity index (χ0) is 21.9. The van der Waals surface area contributed by atoms with Crippen LogP contribution in [0.15, 0.2) is 42.5 Å². The Morgan fingerprint density at radius 3 is 2.50 bits per heavy atom. The SMILES string of the molecule is Cc1c(C(=O)OCc2ccccc2)ccc2c1O[C@@H](CO[Si](C)(C)C(C)(C)C)CO2. The number of ether oxygens (including phenoxy) is 3. The minimum atomic E-state index is -1.88. The number of hydrogen-bond donors (Lipinski definition) is 0. The smallest absolute Gasteiger partial charge is 0.338 e. The Balaban J connectivity index is 1.67. The largest absolute Gasteiger partial charge is 0.486 e. The van der Waals surface area contributed by atoms with Crippen molar-refractivity contribution in [2.75, 3.05) is 13.2 Å². The van der Waals surface area contributed by atoms with Crippen molar-refractivity contribution < 1.29 is 23.4 Å². The lowest BCUT2D eigenvalue weighted by molar-refractivity contribution is 0.0444. The van der Waals surface area contributed by atoms with Crippen molar-refractivity contribution in [2.45, 2.75) is 58.5 Å². The lowest BCUT2D eigenvalue weighted by atomic mass is 10.1. The van der Waals surface area contributed by atoms with Crippen LogP contribution in [0.1, 0.15) is 42.3 Å². The highest BCUT2D eigenvalue weighted by molar-refractivity contribution is 6.74. The highest BCUT2D eigenvalue weighted by Crippen LogP contribution is 2.39. The third-order valence-corrected chi connectivity index (χ3v) is 10.4. The Kier molecular flexibility index (Phi) is 6.58. The number of carbonyl (C=O) groups excluding carboxylic acids is 1. The van der Waals surface area contributed by atoms with Crippen LogP contribution in [0, 0.1) is 6.92 Å². The summed E-state index contributed by atoms with van der Waals surface area (Å²) < 4.78 is 23.9. The molecule has 30 heavy (non-hydrogen) atoms. The molecule has 2 aromatic carbocycles. The summed E-state index contributed by atoms with van der Waals surface area (Å²) in [4.78, 5) is 12.6. The molecule has 0 amide bonds. The predicted molar refractivity (Wildman–Crippen MR) is 120 cm³/mol. The van der Waals surface area contributed by atoms with Gasteiger partial charge < -0.3 is 18.6 Å². The lowest BCUT2D eigenvalue weighted by Crippen LogP contribution is -2.45. The van der Waals surface area contributed by atoms with Gasteiger partial charge in [0.2, 0.25) is 0 Å². The summed E-state index contributed by atoms with van der Waals surface area (Å²) in [6, 6.07) is 13.1. The molecule has 1 atom stereocenters. The summed E-state index contributed by atoms with van der Waals surface area (Å²) in [5.74, 6) is 0.873. The van der Waals surface area contributed by atoms with Crippen LogP contribution in [-0.4, -0.2) is 33.6 Å². The number of rotatable bonds is 6. The number of hydrogen-bond acceptors (Lipinski definition) is 5. The molecule has 0 fully saturated rings. The average molecular weight is 429 g/mol. The van der Waals surface area contributed by atoms with Gasteiger partial charge in [0.1, 0.15) is 13.2 Å². The summed E-state index contributed by atoms with van der Waals surface area (Å²) in [7, 11) is -1.88. The molecule has 0 aromatic heterocycles. The summed E-state index contributed by atoms with van der Waals surface area (Å²) in [6.07, 6.45) is -0.207. The Hall–Kier alpha value is -2.31. The molecule has 1 heterocycles. The van der Waals surface area contributed by atoms with Crippen LogP contribution in [0.4, 0.5) is 0 Å². The summed E-state index contributed by atoms with van der Waals surface area (Å²) >= 11 is 0. The second-order valence-corrected chi connectivity index (χ2v) is 14.1. The van der Waals surface area contributed by atoms with E-state index < -0.39 is 8.32 Å². The summed E-state index contributed by atoms with van der Waals surface area (Å²) in [5.41, 5.74) is 2.16. The van der Waals surface area contributed by atoms with E-state index in [1.54, 1.807) is 12.1 Å². The molecule has 0 bridgehead atoms. The van der Waals surface area contributed by atoms with E-state index in [9.17, 15) is 4.79 Å². The molecular formula is C24H32O5Si. The van der Waals surface area contributed by atoms with Gasteiger partial charge in [-0.1, -0.05) is 51.1 Å². The van der Waals surface area contributed by atoms with Crippen LogP contribution in [0.25, 0.3) is 0 Å². The van der Waals surface area contributed by atoms with E-state index in [2.05, 4.69) is 33.9 Å². The zero-order valence-electron chi connectivity index (χ0n) is 18.8. The number of carbonyl (C=O) groups is 1. The third-order valence-electron chi connectivity index (χ3n) is 5.95. The first-order valence-corrected chi connectivity index (χ1v) is 13.3. The van der Waals surface area contributed by atoms with E-state index in [4.69, 9.17) is 18.6 Å². The van der Waals surface area contributed by atoms with Gasteiger partial charge in [-0.2, -0.15) is 0 Å². The van der Waals surface area contributed by atoms with Gasteiger partial charge in [0.05, 0.1) is 12.2 Å². The average Bonchev–Trinajstić information content (AvgIpc) is 2.71.